The molecular formula is C22H21ClN2O4. The Hall–Kier alpha value is -2.83. The van der Waals surface area contributed by atoms with Crippen molar-refractivity contribution >= 4 is 28.5 Å². The van der Waals surface area contributed by atoms with Crippen LogP contribution in [0.3, 0.4) is 0 Å². The number of methoxy groups -OCH3 is 1. The molecule has 0 atom stereocenters. The number of piperazine rings is 1. The first-order chi connectivity index (χ1) is 14.0. The van der Waals surface area contributed by atoms with Crippen molar-refractivity contribution in [2.75, 3.05) is 33.3 Å². The summed E-state index contributed by atoms with van der Waals surface area (Å²) in [6.45, 7) is 3.15. The minimum absolute atomic E-state index is 0.0775. The second kappa shape index (κ2) is 8.27. The van der Waals surface area contributed by atoms with Gasteiger partial charge < -0.3 is 14.1 Å². The summed E-state index contributed by atoms with van der Waals surface area (Å²) in [6.07, 6.45) is 0. The summed E-state index contributed by atoms with van der Waals surface area (Å²) < 4.78 is 10.7. The molecule has 1 aromatic heterocycles. The summed E-state index contributed by atoms with van der Waals surface area (Å²) in [5, 5.41) is 1.40. The zero-order chi connectivity index (χ0) is 20.4. The number of hydrogen-bond acceptors (Lipinski definition) is 5. The van der Waals surface area contributed by atoms with E-state index in [0.717, 1.165) is 16.7 Å². The molecule has 0 radical (unpaired) electrons. The van der Waals surface area contributed by atoms with E-state index in [4.69, 9.17) is 20.8 Å². The second-order valence-corrected chi connectivity index (χ2v) is 7.45. The van der Waals surface area contributed by atoms with Crippen molar-refractivity contribution in [2.24, 2.45) is 0 Å². The molecule has 0 saturated carbocycles. The van der Waals surface area contributed by atoms with Gasteiger partial charge in [0.05, 0.1) is 7.11 Å². The molecular weight excluding hydrogens is 392 g/mol. The third-order valence-electron chi connectivity index (χ3n) is 5.17. The van der Waals surface area contributed by atoms with Crippen LogP contribution >= 0.6 is 11.6 Å². The fraction of sp³-hybridized carbons (Fsp3) is 0.273. The fourth-order valence-corrected chi connectivity index (χ4v) is 3.80. The van der Waals surface area contributed by atoms with E-state index in [1.165, 1.54) is 0 Å². The molecule has 3 aromatic rings. The molecule has 0 spiro atoms. The number of hydrogen-bond donors (Lipinski definition) is 0. The molecule has 1 saturated heterocycles. The maximum Gasteiger partial charge on any atom is 0.349 e. The van der Waals surface area contributed by atoms with Crippen molar-refractivity contribution in [3.8, 4) is 5.75 Å². The predicted molar refractivity (Wildman–Crippen MR) is 112 cm³/mol. The minimum atomic E-state index is -0.597. The quantitative estimate of drug-likeness (QED) is 0.614. The average molecular weight is 413 g/mol. The average Bonchev–Trinajstić information content (AvgIpc) is 2.73. The number of carbonyl (C=O) groups is 1. The second-order valence-electron chi connectivity index (χ2n) is 7.01. The first-order valence-corrected chi connectivity index (χ1v) is 9.80. The molecule has 0 bridgehead atoms. The van der Waals surface area contributed by atoms with Crippen molar-refractivity contribution in [3.63, 3.8) is 0 Å². The van der Waals surface area contributed by atoms with Gasteiger partial charge in [0.15, 0.2) is 0 Å². The highest BCUT2D eigenvalue weighted by atomic mass is 35.5. The van der Waals surface area contributed by atoms with Crippen molar-refractivity contribution in [1.82, 2.24) is 9.80 Å². The Bertz CT molecular complexity index is 1100. The molecule has 0 aliphatic carbocycles. The van der Waals surface area contributed by atoms with Gasteiger partial charge in [0.1, 0.15) is 16.9 Å². The normalized spacial score (nSPS) is 14.9. The van der Waals surface area contributed by atoms with Crippen LogP contribution in [0.25, 0.3) is 11.0 Å². The fourth-order valence-electron chi connectivity index (χ4n) is 3.60. The number of carbonyl (C=O) groups excluding carboxylic acids is 1. The number of ether oxygens (including phenoxy) is 1. The lowest BCUT2D eigenvalue weighted by Gasteiger charge is -2.34. The van der Waals surface area contributed by atoms with Crippen LogP contribution < -0.4 is 10.4 Å². The highest BCUT2D eigenvalue weighted by Crippen LogP contribution is 2.24. The summed E-state index contributed by atoms with van der Waals surface area (Å²) in [7, 11) is 1.64. The van der Waals surface area contributed by atoms with Gasteiger partial charge in [-0.25, -0.2) is 4.79 Å². The smallest absolute Gasteiger partial charge is 0.349 e. The van der Waals surface area contributed by atoms with E-state index < -0.39 is 5.63 Å². The summed E-state index contributed by atoms with van der Waals surface area (Å²) >= 11 is 6.11. The SMILES string of the molecule is COc1ccc(Cl)cc1CN1CCN(C(=O)c2cc3ccccc3oc2=O)CC1. The monoisotopic (exact) mass is 412 g/mol. The Morgan fingerprint density at radius 3 is 2.62 bits per heavy atom. The zero-order valence-electron chi connectivity index (χ0n) is 16.1. The summed E-state index contributed by atoms with van der Waals surface area (Å²) in [5.41, 5.74) is 0.970. The molecule has 4 rings (SSSR count). The van der Waals surface area contributed by atoms with Crippen molar-refractivity contribution < 1.29 is 13.9 Å². The molecule has 0 unspecified atom stereocenters. The first-order valence-electron chi connectivity index (χ1n) is 9.42. The number of halogens is 1. The predicted octanol–water partition coefficient (Wildman–Crippen LogP) is 3.41. The van der Waals surface area contributed by atoms with Crippen LogP contribution in [0, 0.1) is 0 Å². The van der Waals surface area contributed by atoms with Crippen LogP contribution in [-0.4, -0.2) is 49.0 Å². The van der Waals surface area contributed by atoms with Crippen LogP contribution in [0.5, 0.6) is 5.75 Å². The molecule has 1 aliphatic heterocycles. The molecule has 6 nitrogen and oxygen atoms in total. The van der Waals surface area contributed by atoms with Crippen LogP contribution in [0.4, 0.5) is 0 Å². The molecule has 29 heavy (non-hydrogen) atoms. The van der Waals surface area contributed by atoms with Gasteiger partial charge in [0.25, 0.3) is 5.91 Å². The van der Waals surface area contributed by atoms with Crippen LogP contribution in [0.1, 0.15) is 15.9 Å². The standard InChI is InChI=1S/C22H21ClN2O4/c1-28-19-7-6-17(23)12-16(19)14-24-8-10-25(11-9-24)21(26)18-13-15-4-2-3-5-20(15)29-22(18)27/h2-7,12-13H,8-11,14H2,1H3. The van der Waals surface area contributed by atoms with E-state index >= 15 is 0 Å². The topological polar surface area (TPSA) is 63.0 Å². The van der Waals surface area contributed by atoms with Gasteiger partial charge in [-0.3, -0.25) is 9.69 Å². The largest absolute Gasteiger partial charge is 0.496 e. The van der Waals surface area contributed by atoms with Gasteiger partial charge in [-0.15, -0.1) is 0 Å². The van der Waals surface area contributed by atoms with Crippen molar-refractivity contribution in [2.45, 2.75) is 6.54 Å². The van der Waals surface area contributed by atoms with Crippen LogP contribution in [-0.2, 0) is 6.54 Å². The maximum atomic E-state index is 12.9. The number of rotatable bonds is 4. The van der Waals surface area contributed by atoms with Gasteiger partial charge in [0, 0.05) is 48.7 Å². The van der Waals surface area contributed by atoms with E-state index in [1.54, 1.807) is 36.3 Å². The van der Waals surface area contributed by atoms with Gasteiger partial charge in [-0.05, 0) is 30.3 Å². The third kappa shape index (κ3) is 4.13. The first kappa shape index (κ1) is 19.5. The molecule has 2 aromatic carbocycles. The highest BCUT2D eigenvalue weighted by molar-refractivity contribution is 6.30. The summed E-state index contributed by atoms with van der Waals surface area (Å²) in [5.74, 6) is 0.506. The Labute approximate surface area is 173 Å². The van der Waals surface area contributed by atoms with E-state index in [9.17, 15) is 9.59 Å². The molecule has 1 fully saturated rings. The molecule has 0 N–H and O–H groups in total. The number of amides is 1. The molecule has 1 amide bonds. The minimum Gasteiger partial charge on any atom is -0.496 e. The Balaban J connectivity index is 1.45. The Morgan fingerprint density at radius 1 is 1.10 bits per heavy atom. The van der Waals surface area contributed by atoms with E-state index in [1.807, 2.05) is 24.3 Å². The zero-order valence-corrected chi connectivity index (χ0v) is 16.8. The van der Waals surface area contributed by atoms with Crippen molar-refractivity contribution in [1.29, 1.82) is 0 Å². The van der Waals surface area contributed by atoms with Gasteiger partial charge >= 0.3 is 5.63 Å². The molecule has 2 heterocycles. The van der Waals surface area contributed by atoms with Gasteiger partial charge in [-0.1, -0.05) is 29.8 Å². The van der Waals surface area contributed by atoms with Gasteiger partial charge in [0.2, 0.25) is 0 Å². The number of benzene rings is 2. The molecule has 1 aliphatic rings. The van der Waals surface area contributed by atoms with E-state index in [-0.39, 0.29) is 11.5 Å². The Kier molecular flexibility index (Phi) is 5.56. The number of nitrogens with zero attached hydrogens (tertiary/aromatic N) is 2. The van der Waals surface area contributed by atoms with Crippen LogP contribution in [0.15, 0.2) is 57.7 Å². The lowest BCUT2D eigenvalue weighted by molar-refractivity contribution is 0.0623. The lowest BCUT2D eigenvalue weighted by atomic mass is 10.1. The number of para-hydroxylation sites is 1. The van der Waals surface area contributed by atoms with E-state index in [2.05, 4.69) is 4.90 Å². The number of fused-ring (bicyclic) bond motifs is 1. The van der Waals surface area contributed by atoms with Crippen molar-refractivity contribution in [3.05, 3.63) is 75.1 Å². The van der Waals surface area contributed by atoms with Crippen LogP contribution in [0.2, 0.25) is 5.02 Å². The lowest BCUT2D eigenvalue weighted by Crippen LogP contribution is -2.49. The Morgan fingerprint density at radius 2 is 1.86 bits per heavy atom. The van der Waals surface area contributed by atoms with Gasteiger partial charge in [-0.2, -0.15) is 0 Å². The third-order valence-corrected chi connectivity index (χ3v) is 5.40. The molecule has 7 heteroatoms. The molecule has 150 valence electrons. The summed E-state index contributed by atoms with van der Waals surface area (Å²) in [4.78, 5) is 29.1. The maximum absolute atomic E-state index is 12.9. The highest BCUT2D eigenvalue weighted by Gasteiger charge is 2.25. The summed E-state index contributed by atoms with van der Waals surface area (Å²) in [6, 6.07) is 14.4. The van der Waals surface area contributed by atoms with E-state index in [0.29, 0.717) is 43.3 Å².